The van der Waals surface area contributed by atoms with Gasteiger partial charge in [0.15, 0.2) is 5.76 Å². The fraction of sp³-hybridized carbons (Fsp3) is 0. The van der Waals surface area contributed by atoms with Gasteiger partial charge in [0.25, 0.3) is 0 Å². The molecule has 2 aromatic heterocycles. The first-order chi connectivity index (χ1) is 8.24. The summed E-state index contributed by atoms with van der Waals surface area (Å²) in [5, 5.41) is 0.914. The number of furan rings is 1. The highest BCUT2D eigenvalue weighted by Crippen LogP contribution is 2.28. The van der Waals surface area contributed by atoms with Crippen LogP contribution >= 0.6 is 15.9 Å². The number of rotatable bonds is 1. The van der Waals surface area contributed by atoms with Crippen LogP contribution in [0.2, 0.25) is 0 Å². The maximum Gasteiger partial charge on any atom is 0.221 e. The summed E-state index contributed by atoms with van der Waals surface area (Å²) < 4.78 is 6.31. The Hall–Kier alpha value is -1.88. The molecule has 0 unspecified atom stereocenters. The van der Waals surface area contributed by atoms with Crippen LogP contribution in [0.3, 0.4) is 0 Å². The monoisotopic (exact) mass is 289 g/mol. The van der Waals surface area contributed by atoms with E-state index < -0.39 is 0 Å². The van der Waals surface area contributed by atoms with Crippen molar-refractivity contribution in [1.29, 1.82) is 0 Å². The summed E-state index contributed by atoms with van der Waals surface area (Å²) in [5.74, 6) is 0.924. The molecule has 0 saturated heterocycles. The average Bonchev–Trinajstić information content (AvgIpc) is 2.80. The van der Waals surface area contributed by atoms with E-state index in [1.54, 1.807) is 6.26 Å². The summed E-state index contributed by atoms with van der Waals surface area (Å²) in [6.07, 6.45) is 1.61. The van der Waals surface area contributed by atoms with Gasteiger partial charge in [-0.25, -0.2) is 9.97 Å². The summed E-state index contributed by atoms with van der Waals surface area (Å²) in [4.78, 5) is 8.43. The van der Waals surface area contributed by atoms with Gasteiger partial charge < -0.3 is 10.2 Å². The lowest BCUT2D eigenvalue weighted by atomic mass is 10.1. The van der Waals surface area contributed by atoms with E-state index in [1.807, 2.05) is 30.3 Å². The molecule has 0 aliphatic heterocycles. The summed E-state index contributed by atoms with van der Waals surface area (Å²) in [6.45, 7) is 0. The second-order valence-electron chi connectivity index (χ2n) is 3.57. The molecule has 0 fully saturated rings. The molecule has 17 heavy (non-hydrogen) atoms. The molecule has 0 bridgehead atoms. The molecule has 4 nitrogen and oxygen atoms in total. The van der Waals surface area contributed by atoms with Crippen LogP contribution in [0.4, 0.5) is 5.95 Å². The van der Waals surface area contributed by atoms with Crippen molar-refractivity contribution in [2.45, 2.75) is 0 Å². The van der Waals surface area contributed by atoms with Gasteiger partial charge in [-0.2, -0.15) is 0 Å². The third kappa shape index (κ3) is 1.78. The van der Waals surface area contributed by atoms with E-state index in [0.717, 1.165) is 15.4 Å². The predicted octanol–water partition coefficient (Wildman–Crippen LogP) is 3.23. The summed E-state index contributed by atoms with van der Waals surface area (Å²) in [6, 6.07) is 9.45. The largest absolute Gasteiger partial charge is 0.463 e. The first-order valence-corrected chi connectivity index (χ1v) is 5.80. The Morgan fingerprint density at radius 1 is 1.18 bits per heavy atom. The molecule has 2 heterocycles. The minimum Gasteiger partial charge on any atom is -0.463 e. The first kappa shape index (κ1) is 10.3. The molecule has 0 atom stereocenters. The maximum absolute atomic E-state index is 5.70. The number of nitrogens with two attached hydrogens (primary N) is 1. The third-order valence-corrected chi connectivity index (χ3v) is 2.92. The Bertz CT molecular complexity index is 674. The van der Waals surface area contributed by atoms with Crippen molar-refractivity contribution in [3.8, 4) is 11.5 Å². The second-order valence-corrected chi connectivity index (χ2v) is 4.48. The van der Waals surface area contributed by atoms with E-state index in [-0.39, 0.29) is 5.95 Å². The van der Waals surface area contributed by atoms with Gasteiger partial charge in [0.2, 0.25) is 5.95 Å². The molecular weight excluding hydrogens is 282 g/mol. The standard InChI is InChI=1S/C12H8BrN3O/c13-7-3-4-8-9(6-7)15-12(14)16-11(8)10-2-1-5-17-10/h1-6H,(H2,14,15,16). The smallest absolute Gasteiger partial charge is 0.221 e. The van der Waals surface area contributed by atoms with Crippen LogP contribution in [-0.2, 0) is 0 Å². The summed E-state index contributed by atoms with van der Waals surface area (Å²) in [7, 11) is 0. The van der Waals surface area contributed by atoms with Gasteiger partial charge >= 0.3 is 0 Å². The Morgan fingerprint density at radius 3 is 2.82 bits per heavy atom. The van der Waals surface area contributed by atoms with Crippen molar-refractivity contribution in [2.24, 2.45) is 0 Å². The van der Waals surface area contributed by atoms with Crippen LogP contribution < -0.4 is 5.73 Å². The summed E-state index contributed by atoms with van der Waals surface area (Å²) >= 11 is 3.41. The zero-order chi connectivity index (χ0) is 11.8. The van der Waals surface area contributed by atoms with E-state index >= 15 is 0 Å². The highest BCUT2D eigenvalue weighted by molar-refractivity contribution is 9.10. The predicted molar refractivity (Wildman–Crippen MR) is 69.4 cm³/mol. The highest BCUT2D eigenvalue weighted by atomic mass is 79.9. The zero-order valence-corrected chi connectivity index (χ0v) is 10.3. The molecule has 0 aliphatic rings. The van der Waals surface area contributed by atoms with Crippen LogP contribution in [0.1, 0.15) is 0 Å². The molecule has 2 N–H and O–H groups in total. The van der Waals surface area contributed by atoms with Gasteiger partial charge in [0.05, 0.1) is 11.8 Å². The number of nitrogen functional groups attached to an aromatic ring is 1. The van der Waals surface area contributed by atoms with Crippen LogP contribution in [0.5, 0.6) is 0 Å². The number of benzene rings is 1. The average molecular weight is 290 g/mol. The Labute approximate surface area is 106 Å². The number of hydrogen-bond donors (Lipinski definition) is 1. The fourth-order valence-electron chi connectivity index (χ4n) is 1.72. The number of halogens is 1. The Morgan fingerprint density at radius 2 is 2.06 bits per heavy atom. The molecule has 3 rings (SSSR count). The number of anilines is 1. The molecule has 84 valence electrons. The Balaban J connectivity index is 2.38. The topological polar surface area (TPSA) is 64.9 Å². The van der Waals surface area contributed by atoms with E-state index in [9.17, 15) is 0 Å². The van der Waals surface area contributed by atoms with E-state index in [2.05, 4.69) is 25.9 Å². The van der Waals surface area contributed by atoms with Gasteiger partial charge in [-0.3, -0.25) is 0 Å². The number of nitrogens with zero attached hydrogens (tertiary/aromatic N) is 2. The molecule has 1 aromatic carbocycles. The van der Waals surface area contributed by atoms with E-state index in [1.165, 1.54) is 0 Å². The van der Waals surface area contributed by atoms with E-state index in [0.29, 0.717) is 11.5 Å². The zero-order valence-electron chi connectivity index (χ0n) is 8.72. The molecule has 0 amide bonds. The van der Waals surface area contributed by atoms with Crippen LogP contribution in [0.15, 0.2) is 45.5 Å². The van der Waals surface area contributed by atoms with Crippen LogP contribution in [0.25, 0.3) is 22.4 Å². The van der Waals surface area contributed by atoms with Gasteiger partial charge in [-0.1, -0.05) is 15.9 Å². The fourth-order valence-corrected chi connectivity index (χ4v) is 2.07. The minimum atomic E-state index is 0.238. The lowest BCUT2D eigenvalue weighted by Crippen LogP contribution is -1.97. The van der Waals surface area contributed by atoms with Crippen LogP contribution in [0, 0.1) is 0 Å². The maximum atomic E-state index is 5.70. The third-order valence-electron chi connectivity index (χ3n) is 2.43. The highest BCUT2D eigenvalue weighted by Gasteiger charge is 2.10. The van der Waals surface area contributed by atoms with Gasteiger partial charge in [-0.15, -0.1) is 0 Å². The Kier molecular flexibility index (Phi) is 2.33. The lowest BCUT2D eigenvalue weighted by molar-refractivity contribution is 0.581. The molecule has 5 heteroatoms. The number of aromatic nitrogens is 2. The number of hydrogen-bond acceptors (Lipinski definition) is 4. The molecule has 0 aliphatic carbocycles. The quantitative estimate of drug-likeness (QED) is 0.747. The van der Waals surface area contributed by atoms with Crippen molar-refractivity contribution in [2.75, 3.05) is 5.73 Å². The van der Waals surface area contributed by atoms with Crippen molar-refractivity contribution in [3.05, 3.63) is 41.1 Å². The minimum absolute atomic E-state index is 0.238. The van der Waals surface area contributed by atoms with Crippen molar-refractivity contribution < 1.29 is 4.42 Å². The molecule has 0 saturated carbocycles. The van der Waals surface area contributed by atoms with Crippen molar-refractivity contribution in [1.82, 2.24) is 9.97 Å². The summed E-state index contributed by atoms with van der Waals surface area (Å²) in [5.41, 5.74) is 7.20. The van der Waals surface area contributed by atoms with Crippen molar-refractivity contribution in [3.63, 3.8) is 0 Å². The molecular formula is C12H8BrN3O. The molecule has 0 radical (unpaired) electrons. The van der Waals surface area contributed by atoms with Gasteiger partial charge in [0, 0.05) is 9.86 Å². The van der Waals surface area contributed by atoms with E-state index in [4.69, 9.17) is 10.2 Å². The molecule has 3 aromatic rings. The van der Waals surface area contributed by atoms with Gasteiger partial charge in [-0.05, 0) is 30.3 Å². The molecule has 0 spiro atoms. The second kappa shape index (κ2) is 3.85. The number of fused-ring (bicyclic) bond motifs is 1. The normalized spacial score (nSPS) is 10.9. The van der Waals surface area contributed by atoms with Crippen molar-refractivity contribution >= 4 is 32.8 Å². The van der Waals surface area contributed by atoms with Gasteiger partial charge in [0.1, 0.15) is 5.69 Å². The first-order valence-electron chi connectivity index (χ1n) is 5.01. The SMILES string of the molecule is Nc1nc(-c2ccco2)c2ccc(Br)cc2n1. The van der Waals surface area contributed by atoms with Crippen LogP contribution in [-0.4, -0.2) is 9.97 Å². The lowest BCUT2D eigenvalue weighted by Gasteiger charge is -2.04.